The van der Waals surface area contributed by atoms with E-state index in [0.29, 0.717) is 12.1 Å². The molecule has 5 heteroatoms. The summed E-state index contributed by atoms with van der Waals surface area (Å²) in [6.07, 6.45) is 9.69. The fourth-order valence-corrected chi connectivity index (χ4v) is 3.51. The van der Waals surface area contributed by atoms with E-state index in [9.17, 15) is 0 Å². The predicted molar refractivity (Wildman–Crippen MR) is 82.6 cm³/mol. The number of piperidine rings is 1. The van der Waals surface area contributed by atoms with Gasteiger partial charge in [-0.25, -0.2) is 9.97 Å². The Morgan fingerprint density at radius 3 is 2.67 bits per heavy atom. The van der Waals surface area contributed by atoms with Gasteiger partial charge in [0.25, 0.3) is 0 Å². The minimum absolute atomic E-state index is 0.518. The van der Waals surface area contributed by atoms with Crippen LogP contribution in [0.15, 0.2) is 12.4 Å². The number of nitrogens with one attached hydrogen (secondary N) is 1. The zero-order valence-corrected chi connectivity index (χ0v) is 12.5. The molecule has 21 heavy (non-hydrogen) atoms. The van der Waals surface area contributed by atoms with E-state index < -0.39 is 0 Å². The summed E-state index contributed by atoms with van der Waals surface area (Å²) >= 11 is 0. The molecule has 1 atom stereocenters. The normalized spacial score (nSPS) is 27.0. The van der Waals surface area contributed by atoms with Crippen LogP contribution in [0.3, 0.4) is 0 Å². The molecule has 1 saturated carbocycles. The first-order valence-electron chi connectivity index (χ1n) is 8.33. The van der Waals surface area contributed by atoms with Crippen LogP contribution < -0.4 is 10.2 Å². The molecule has 2 saturated heterocycles. The van der Waals surface area contributed by atoms with Gasteiger partial charge in [0.2, 0.25) is 0 Å². The summed E-state index contributed by atoms with van der Waals surface area (Å²) in [5, 5.41) is 3.45. The van der Waals surface area contributed by atoms with Gasteiger partial charge in [-0.15, -0.1) is 0 Å². The van der Waals surface area contributed by atoms with Crippen molar-refractivity contribution in [2.45, 2.75) is 50.7 Å². The molecule has 1 aliphatic carbocycles. The first-order chi connectivity index (χ1) is 10.4. The SMILES string of the molecule is c1nc(NC2CC2)cc(N2CCC(C3CCCO3)CC2)n1. The van der Waals surface area contributed by atoms with Gasteiger partial charge in [-0.2, -0.15) is 0 Å². The van der Waals surface area contributed by atoms with Crippen molar-refractivity contribution in [3.05, 3.63) is 12.4 Å². The maximum absolute atomic E-state index is 5.85. The Kier molecular flexibility index (Phi) is 3.67. The summed E-state index contributed by atoms with van der Waals surface area (Å²) in [6.45, 7) is 3.14. The van der Waals surface area contributed by atoms with E-state index in [2.05, 4.69) is 26.3 Å². The molecular weight excluding hydrogens is 264 g/mol. The number of hydrogen-bond acceptors (Lipinski definition) is 5. The fourth-order valence-electron chi connectivity index (χ4n) is 3.51. The Morgan fingerprint density at radius 1 is 1.10 bits per heavy atom. The predicted octanol–water partition coefficient (Wildman–Crippen LogP) is 2.45. The van der Waals surface area contributed by atoms with E-state index in [4.69, 9.17) is 4.74 Å². The van der Waals surface area contributed by atoms with Gasteiger partial charge in [-0.1, -0.05) is 0 Å². The van der Waals surface area contributed by atoms with Crippen molar-refractivity contribution in [3.63, 3.8) is 0 Å². The molecule has 0 amide bonds. The molecule has 3 aliphatic rings. The van der Waals surface area contributed by atoms with Crippen LogP contribution in [-0.4, -0.2) is 41.8 Å². The molecule has 1 unspecified atom stereocenters. The van der Waals surface area contributed by atoms with Gasteiger partial charge in [-0.05, 0) is 44.4 Å². The standard InChI is InChI=1S/C16H24N4O/c1-2-14(21-9-1)12-5-7-20(8-6-12)16-10-15(17-11-18-16)19-13-3-4-13/h10-14H,1-9H2,(H,17,18,19). The molecule has 0 aromatic carbocycles. The third kappa shape index (κ3) is 3.12. The van der Waals surface area contributed by atoms with E-state index in [1.807, 2.05) is 0 Å². The van der Waals surface area contributed by atoms with E-state index in [1.165, 1.54) is 38.5 Å². The van der Waals surface area contributed by atoms with Gasteiger partial charge < -0.3 is 15.0 Å². The van der Waals surface area contributed by atoms with Gasteiger partial charge in [0.1, 0.15) is 18.0 Å². The highest BCUT2D eigenvalue weighted by atomic mass is 16.5. The fraction of sp³-hybridized carbons (Fsp3) is 0.750. The maximum atomic E-state index is 5.85. The lowest BCUT2D eigenvalue weighted by Gasteiger charge is -2.35. The molecule has 1 N–H and O–H groups in total. The molecule has 0 radical (unpaired) electrons. The molecule has 0 bridgehead atoms. The maximum Gasteiger partial charge on any atom is 0.134 e. The largest absolute Gasteiger partial charge is 0.378 e. The van der Waals surface area contributed by atoms with Crippen molar-refractivity contribution < 1.29 is 4.74 Å². The molecular formula is C16H24N4O. The number of nitrogens with zero attached hydrogens (tertiary/aromatic N) is 3. The average Bonchev–Trinajstić information content (AvgIpc) is 3.17. The zero-order chi connectivity index (χ0) is 14.1. The molecule has 1 aromatic rings. The van der Waals surface area contributed by atoms with Crippen molar-refractivity contribution in [1.29, 1.82) is 0 Å². The number of hydrogen-bond donors (Lipinski definition) is 1. The van der Waals surface area contributed by atoms with Crippen molar-refractivity contribution in [1.82, 2.24) is 9.97 Å². The zero-order valence-electron chi connectivity index (χ0n) is 12.5. The van der Waals surface area contributed by atoms with Crippen molar-refractivity contribution in [2.75, 3.05) is 29.9 Å². The van der Waals surface area contributed by atoms with Crippen LogP contribution in [0, 0.1) is 5.92 Å². The van der Waals surface area contributed by atoms with Crippen LogP contribution in [0.5, 0.6) is 0 Å². The summed E-state index contributed by atoms with van der Waals surface area (Å²) in [5.74, 6) is 2.79. The second kappa shape index (κ2) is 5.79. The highest BCUT2D eigenvalue weighted by Gasteiger charge is 2.30. The quantitative estimate of drug-likeness (QED) is 0.922. The number of aromatic nitrogens is 2. The monoisotopic (exact) mass is 288 g/mol. The average molecular weight is 288 g/mol. The third-order valence-electron chi connectivity index (χ3n) is 4.94. The molecule has 5 nitrogen and oxygen atoms in total. The number of ether oxygens (including phenoxy) is 1. The molecule has 0 spiro atoms. The second-order valence-corrected chi connectivity index (χ2v) is 6.56. The van der Waals surface area contributed by atoms with Crippen molar-refractivity contribution in [2.24, 2.45) is 5.92 Å². The highest BCUT2D eigenvalue weighted by Crippen LogP contribution is 2.31. The lowest BCUT2D eigenvalue weighted by atomic mass is 9.90. The minimum atomic E-state index is 0.518. The van der Waals surface area contributed by atoms with Crippen molar-refractivity contribution >= 4 is 11.6 Å². The van der Waals surface area contributed by atoms with Gasteiger partial charge in [-0.3, -0.25) is 0 Å². The van der Waals surface area contributed by atoms with E-state index >= 15 is 0 Å². The van der Waals surface area contributed by atoms with Gasteiger partial charge in [0.05, 0.1) is 6.10 Å². The Labute approximate surface area is 126 Å². The molecule has 114 valence electrons. The van der Waals surface area contributed by atoms with Crippen molar-refractivity contribution in [3.8, 4) is 0 Å². The first kappa shape index (κ1) is 13.3. The van der Waals surface area contributed by atoms with Crippen LogP contribution in [0.1, 0.15) is 38.5 Å². The van der Waals surface area contributed by atoms with Gasteiger partial charge in [0.15, 0.2) is 0 Å². The smallest absolute Gasteiger partial charge is 0.134 e. The second-order valence-electron chi connectivity index (χ2n) is 6.56. The Bertz CT molecular complexity index is 477. The third-order valence-corrected chi connectivity index (χ3v) is 4.94. The Balaban J connectivity index is 1.36. The summed E-state index contributed by atoms with van der Waals surface area (Å²) in [4.78, 5) is 11.2. The first-order valence-corrected chi connectivity index (χ1v) is 8.33. The highest BCUT2D eigenvalue weighted by molar-refractivity contribution is 5.49. The van der Waals surface area contributed by atoms with Gasteiger partial charge in [0, 0.05) is 31.8 Å². The molecule has 1 aromatic heterocycles. The molecule has 3 heterocycles. The van der Waals surface area contributed by atoms with E-state index in [-0.39, 0.29) is 0 Å². The van der Waals surface area contributed by atoms with Crippen LogP contribution in [0.4, 0.5) is 11.6 Å². The molecule has 3 fully saturated rings. The topological polar surface area (TPSA) is 50.3 Å². The van der Waals surface area contributed by atoms with Crippen LogP contribution in [-0.2, 0) is 4.74 Å². The minimum Gasteiger partial charge on any atom is -0.378 e. The Morgan fingerprint density at radius 2 is 1.95 bits per heavy atom. The Hall–Kier alpha value is -1.36. The number of rotatable bonds is 4. The summed E-state index contributed by atoms with van der Waals surface area (Å²) < 4.78 is 5.85. The van der Waals surface area contributed by atoms with Gasteiger partial charge >= 0.3 is 0 Å². The summed E-state index contributed by atoms with van der Waals surface area (Å²) in [6, 6.07) is 2.74. The molecule has 4 rings (SSSR count). The summed E-state index contributed by atoms with van der Waals surface area (Å²) in [5.41, 5.74) is 0. The number of anilines is 2. The van der Waals surface area contributed by atoms with Crippen LogP contribution in [0.25, 0.3) is 0 Å². The van der Waals surface area contributed by atoms with Crippen LogP contribution in [0.2, 0.25) is 0 Å². The lowest BCUT2D eigenvalue weighted by molar-refractivity contribution is 0.0531. The lowest BCUT2D eigenvalue weighted by Crippen LogP contribution is -2.38. The van der Waals surface area contributed by atoms with Crippen LogP contribution >= 0.6 is 0 Å². The summed E-state index contributed by atoms with van der Waals surface area (Å²) in [7, 11) is 0. The molecule has 2 aliphatic heterocycles. The van der Waals surface area contributed by atoms with E-state index in [0.717, 1.165) is 37.3 Å². The van der Waals surface area contributed by atoms with E-state index in [1.54, 1.807) is 6.33 Å².